The van der Waals surface area contributed by atoms with Gasteiger partial charge in [-0.15, -0.1) is 0 Å². The number of hydrogen-bond donors (Lipinski definition) is 1. The molecule has 0 aliphatic heterocycles. The van der Waals surface area contributed by atoms with E-state index in [0.717, 1.165) is 0 Å². The Hall–Kier alpha value is -2.59. The lowest BCUT2D eigenvalue weighted by Gasteiger charge is -2.04. The van der Waals surface area contributed by atoms with Crippen LogP contribution < -0.4 is 4.72 Å². The summed E-state index contributed by atoms with van der Waals surface area (Å²) >= 11 is 0. The third-order valence-corrected chi connectivity index (χ3v) is 4.96. The van der Waals surface area contributed by atoms with E-state index in [4.69, 9.17) is 9.05 Å². The summed E-state index contributed by atoms with van der Waals surface area (Å²) in [7, 11) is -3.70. The number of pyridine rings is 1. The fourth-order valence-corrected chi connectivity index (χ4v) is 3.55. The summed E-state index contributed by atoms with van der Waals surface area (Å²) in [6, 6.07) is 3.56. The SMILES string of the molecule is Cc1noc(C)c1S(=O)(=O)NCCc1noc(-c2cccnc2)n1. The van der Waals surface area contributed by atoms with Crippen LogP contribution in [0.15, 0.2) is 38.5 Å². The van der Waals surface area contributed by atoms with Crippen LogP contribution in [0.2, 0.25) is 0 Å². The molecule has 0 fully saturated rings. The van der Waals surface area contributed by atoms with Crippen LogP contribution in [0.25, 0.3) is 11.5 Å². The topological polar surface area (TPSA) is 124 Å². The Kier molecular flexibility index (Phi) is 4.40. The highest BCUT2D eigenvalue weighted by Crippen LogP contribution is 2.18. The first-order chi connectivity index (χ1) is 11.5. The number of nitrogens with zero attached hydrogens (tertiary/aromatic N) is 4. The molecule has 0 atom stereocenters. The molecule has 0 aromatic carbocycles. The minimum atomic E-state index is -3.70. The number of sulfonamides is 1. The van der Waals surface area contributed by atoms with Crippen LogP contribution in [0, 0.1) is 13.8 Å². The van der Waals surface area contributed by atoms with Gasteiger partial charge in [-0.3, -0.25) is 4.98 Å². The van der Waals surface area contributed by atoms with E-state index in [0.29, 0.717) is 23.0 Å². The number of nitrogens with one attached hydrogen (secondary N) is 1. The Morgan fingerprint density at radius 2 is 2.04 bits per heavy atom. The van der Waals surface area contributed by atoms with Crippen molar-refractivity contribution in [1.82, 2.24) is 25.0 Å². The van der Waals surface area contributed by atoms with Gasteiger partial charge in [-0.2, -0.15) is 4.98 Å². The molecule has 126 valence electrons. The molecule has 0 aliphatic rings. The lowest BCUT2D eigenvalue weighted by Crippen LogP contribution is -2.27. The van der Waals surface area contributed by atoms with Gasteiger partial charge in [0, 0.05) is 25.4 Å². The second kappa shape index (κ2) is 6.49. The van der Waals surface area contributed by atoms with E-state index in [1.54, 1.807) is 38.4 Å². The maximum Gasteiger partial charge on any atom is 0.259 e. The van der Waals surface area contributed by atoms with Crippen molar-refractivity contribution in [3.05, 3.63) is 41.8 Å². The molecule has 3 rings (SSSR count). The van der Waals surface area contributed by atoms with Crippen molar-refractivity contribution in [2.45, 2.75) is 25.2 Å². The fraction of sp³-hybridized carbons (Fsp3) is 0.286. The summed E-state index contributed by atoms with van der Waals surface area (Å²) in [5, 5.41) is 7.48. The predicted molar refractivity (Wildman–Crippen MR) is 82.4 cm³/mol. The first kappa shape index (κ1) is 16.3. The van der Waals surface area contributed by atoms with E-state index in [2.05, 4.69) is 25.0 Å². The minimum absolute atomic E-state index is 0.0617. The van der Waals surface area contributed by atoms with Gasteiger partial charge in [0.1, 0.15) is 10.6 Å². The monoisotopic (exact) mass is 349 g/mol. The highest BCUT2D eigenvalue weighted by atomic mass is 32.2. The highest BCUT2D eigenvalue weighted by molar-refractivity contribution is 7.89. The van der Waals surface area contributed by atoms with Crippen LogP contribution in [0.4, 0.5) is 0 Å². The largest absolute Gasteiger partial charge is 0.360 e. The average Bonchev–Trinajstić information content (AvgIpc) is 3.15. The Bertz CT molecular complexity index is 914. The van der Waals surface area contributed by atoms with Gasteiger partial charge < -0.3 is 9.05 Å². The summed E-state index contributed by atoms with van der Waals surface area (Å²) in [5.74, 6) is 0.987. The second-order valence-electron chi connectivity index (χ2n) is 5.06. The number of rotatable bonds is 6. The third-order valence-electron chi connectivity index (χ3n) is 3.25. The molecule has 10 heteroatoms. The lowest BCUT2D eigenvalue weighted by molar-refractivity contribution is 0.390. The molecule has 3 heterocycles. The number of hydrogen-bond acceptors (Lipinski definition) is 8. The van der Waals surface area contributed by atoms with E-state index in [-0.39, 0.29) is 23.6 Å². The summed E-state index contributed by atoms with van der Waals surface area (Å²) in [5.41, 5.74) is 1.02. The molecule has 0 unspecified atom stereocenters. The van der Waals surface area contributed by atoms with Gasteiger partial charge in [-0.25, -0.2) is 13.1 Å². The van der Waals surface area contributed by atoms with E-state index in [1.165, 1.54) is 0 Å². The van der Waals surface area contributed by atoms with E-state index in [1.807, 2.05) is 0 Å². The van der Waals surface area contributed by atoms with Crippen LogP contribution in [-0.2, 0) is 16.4 Å². The quantitative estimate of drug-likeness (QED) is 0.705. The molecule has 0 amide bonds. The molecule has 3 aromatic rings. The third kappa shape index (κ3) is 3.34. The Labute approximate surface area is 138 Å². The Balaban J connectivity index is 1.64. The molecular formula is C14H15N5O4S. The molecule has 0 radical (unpaired) electrons. The molecule has 1 N–H and O–H groups in total. The normalized spacial score (nSPS) is 11.8. The summed E-state index contributed by atoms with van der Waals surface area (Å²) in [6.45, 7) is 3.25. The highest BCUT2D eigenvalue weighted by Gasteiger charge is 2.23. The van der Waals surface area contributed by atoms with Crippen molar-refractivity contribution in [3.8, 4) is 11.5 Å². The van der Waals surface area contributed by atoms with Gasteiger partial charge in [0.15, 0.2) is 11.6 Å². The summed E-state index contributed by atoms with van der Waals surface area (Å²) in [6.07, 6.45) is 3.54. The molecular weight excluding hydrogens is 334 g/mol. The van der Waals surface area contributed by atoms with Crippen LogP contribution in [0.3, 0.4) is 0 Å². The van der Waals surface area contributed by atoms with Crippen LogP contribution in [0.5, 0.6) is 0 Å². The molecule has 3 aromatic heterocycles. The summed E-state index contributed by atoms with van der Waals surface area (Å²) in [4.78, 5) is 8.25. The van der Waals surface area contributed by atoms with Gasteiger partial charge in [-0.1, -0.05) is 10.3 Å². The maximum atomic E-state index is 12.3. The van der Waals surface area contributed by atoms with Gasteiger partial charge in [0.05, 0.1) is 5.56 Å². The van der Waals surface area contributed by atoms with Crippen LogP contribution in [0.1, 0.15) is 17.3 Å². The van der Waals surface area contributed by atoms with Gasteiger partial charge in [-0.05, 0) is 26.0 Å². The fourth-order valence-electron chi connectivity index (χ4n) is 2.19. The zero-order valence-corrected chi connectivity index (χ0v) is 13.9. The lowest BCUT2D eigenvalue weighted by atomic mass is 10.3. The Morgan fingerprint density at radius 1 is 1.21 bits per heavy atom. The van der Waals surface area contributed by atoms with Crippen molar-refractivity contribution in [2.75, 3.05) is 6.54 Å². The average molecular weight is 349 g/mol. The van der Waals surface area contributed by atoms with Gasteiger partial charge in [0.2, 0.25) is 10.0 Å². The van der Waals surface area contributed by atoms with Crippen molar-refractivity contribution in [2.24, 2.45) is 0 Å². The van der Waals surface area contributed by atoms with Crippen LogP contribution in [-0.4, -0.2) is 35.2 Å². The molecule has 9 nitrogen and oxygen atoms in total. The summed E-state index contributed by atoms with van der Waals surface area (Å²) < 4.78 is 37.0. The first-order valence-electron chi connectivity index (χ1n) is 7.13. The minimum Gasteiger partial charge on any atom is -0.360 e. The van der Waals surface area contributed by atoms with E-state index in [9.17, 15) is 8.42 Å². The van der Waals surface area contributed by atoms with Crippen LogP contribution >= 0.6 is 0 Å². The van der Waals surface area contributed by atoms with Gasteiger partial charge >= 0.3 is 0 Å². The standard InChI is InChI=1S/C14H15N5O4S/c1-9-13(10(2)22-18-9)24(20,21)16-7-5-12-17-14(23-19-12)11-4-3-6-15-8-11/h3-4,6,8,16H,5,7H2,1-2H3. The van der Waals surface area contributed by atoms with Crippen molar-refractivity contribution in [3.63, 3.8) is 0 Å². The van der Waals surface area contributed by atoms with E-state index < -0.39 is 10.0 Å². The molecule has 0 saturated carbocycles. The van der Waals surface area contributed by atoms with Crippen molar-refractivity contribution < 1.29 is 17.5 Å². The number of aromatic nitrogens is 4. The Morgan fingerprint density at radius 3 is 2.71 bits per heavy atom. The van der Waals surface area contributed by atoms with E-state index >= 15 is 0 Å². The smallest absolute Gasteiger partial charge is 0.259 e. The van der Waals surface area contributed by atoms with Crippen molar-refractivity contribution >= 4 is 10.0 Å². The predicted octanol–water partition coefficient (Wildman–Crippen LogP) is 1.26. The number of aryl methyl sites for hydroxylation is 2. The zero-order valence-electron chi connectivity index (χ0n) is 13.1. The van der Waals surface area contributed by atoms with Crippen molar-refractivity contribution in [1.29, 1.82) is 0 Å². The molecule has 24 heavy (non-hydrogen) atoms. The second-order valence-corrected chi connectivity index (χ2v) is 6.76. The molecule has 0 aliphatic carbocycles. The zero-order chi connectivity index (χ0) is 17.2. The molecule has 0 saturated heterocycles. The maximum absolute atomic E-state index is 12.3. The van der Waals surface area contributed by atoms with Gasteiger partial charge in [0.25, 0.3) is 5.89 Å². The molecule has 0 bridgehead atoms. The first-order valence-corrected chi connectivity index (χ1v) is 8.61. The molecule has 0 spiro atoms.